The molecule has 0 aliphatic rings. The maximum absolute atomic E-state index is 9.31. The van der Waals surface area contributed by atoms with E-state index < -0.39 is 0 Å². The Bertz CT molecular complexity index is 778. The number of aromatic nitrogens is 4. The zero-order valence-electron chi connectivity index (χ0n) is 14.1. The molecule has 0 fully saturated rings. The van der Waals surface area contributed by atoms with Gasteiger partial charge in [0.15, 0.2) is 5.82 Å². The molecule has 7 heteroatoms. The van der Waals surface area contributed by atoms with E-state index in [1.54, 1.807) is 11.3 Å². The second-order valence-corrected chi connectivity index (χ2v) is 6.64. The van der Waals surface area contributed by atoms with Crippen molar-refractivity contribution in [2.45, 2.75) is 45.7 Å². The molecule has 0 aliphatic heterocycles. The lowest BCUT2D eigenvalue weighted by molar-refractivity contribution is 0.276. The summed E-state index contributed by atoms with van der Waals surface area (Å²) in [6.07, 6.45) is 4.80. The molecular weight excluding hydrogens is 322 g/mol. The standard InChI is InChI=1S/C17H23N5OS/c1-3-4-13(6-8-23)21-17-16-15(19-12(2)20-17)5-7-22(16)9-14-10-24-11-18-14/h5,7,10-11,13,23H,3-4,6,8-9H2,1-2H3,(H,19,20,21)/t13-/m0/s1. The number of thiazole rings is 1. The van der Waals surface area contributed by atoms with E-state index in [2.05, 4.69) is 37.1 Å². The molecule has 1 atom stereocenters. The number of aryl methyl sites for hydroxylation is 1. The van der Waals surface area contributed by atoms with Crippen molar-refractivity contribution in [1.29, 1.82) is 0 Å². The van der Waals surface area contributed by atoms with E-state index >= 15 is 0 Å². The molecule has 128 valence electrons. The normalized spacial score (nSPS) is 12.6. The minimum Gasteiger partial charge on any atom is -0.396 e. The first kappa shape index (κ1) is 16.9. The highest BCUT2D eigenvalue weighted by atomic mass is 32.1. The Morgan fingerprint density at radius 2 is 2.21 bits per heavy atom. The van der Waals surface area contributed by atoms with Gasteiger partial charge in [-0.15, -0.1) is 11.3 Å². The largest absolute Gasteiger partial charge is 0.396 e. The summed E-state index contributed by atoms with van der Waals surface area (Å²) in [4.78, 5) is 13.5. The van der Waals surface area contributed by atoms with Crippen LogP contribution >= 0.6 is 11.3 Å². The van der Waals surface area contributed by atoms with Crippen LogP contribution in [-0.2, 0) is 6.54 Å². The first-order valence-corrected chi connectivity index (χ1v) is 9.23. The second kappa shape index (κ2) is 7.72. The van der Waals surface area contributed by atoms with E-state index in [0.29, 0.717) is 13.0 Å². The fourth-order valence-corrected chi connectivity index (χ4v) is 3.48. The Kier molecular flexibility index (Phi) is 5.42. The quantitative estimate of drug-likeness (QED) is 0.656. The van der Waals surface area contributed by atoms with E-state index in [1.807, 2.05) is 24.7 Å². The summed E-state index contributed by atoms with van der Waals surface area (Å²) in [6.45, 7) is 4.93. The third kappa shape index (κ3) is 3.73. The maximum atomic E-state index is 9.31. The number of anilines is 1. The van der Waals surface area contributed by atoms with Gasteiger partial charge in [0.05, 0.1) is 23.3 Å². The SMILES string of the molecule is CCC[C@@H](CCO)Nc1nc(C)nc2ccn(Cc3cscn3)c12. The van der Waals surface area contributed by atoms with Crippen molar-refractivity contribution in [2.75, 3.05) is 11.9 Å². The van der Waals surface area contributed by atoms with Crippen LogP contribution in [0.2, 0.25) is 0 Å². The number of fused-ring (bicyclic) bond motifs is 1. The highest BCUT2D eigenvalue weighted by Crippen LogP contribution is 2.24. The molecule has 6 nitrogen and oxygen atoms in total. The third-order valence-corrected chi connectivity index (χ3v) is 4.63. The molecule has 3 rings (SSSR count). The first-order valence-electron chi connectivity index (χ1n) is 8.29. The fraction of sp³-hybridized carbons (Fsp3) is 0.471. The number of aliphatic hydroxyl groups is 1. The van der Waals surface area contributed by atoms with Gasteiger partial charge in [-0.25, -0.2) is 15.0 Å². The number of hydrogen-bond acceptors (Lipinski definition) is 6. The van der Waals surface area contributed by atoms with Crippen LogP contribution in [0.5, 0.6) is 0 Å². The molecule has 0 unspecified atom stereocenters. The number of nitrogens with one attached hydrogen (secondary N) is 1. The Morgan fingerprint density at radius 3 is 2.92 bits per heavy atom. The summed E-state index contributed by atoms with van der Waals surface area (Å²) in [5.41, 5.74) is 4.80. The molecule has 0 radical (unpaired) electrons. The van der Waals surface area contributed by atoms with E-state index in [1.165, 1.54) is 0 Å². The van der Waals surface area contributed by atoms with Gasteiger partial charge in [-0.3, -0.25) is 0 Å². The molecule has 0 spiro atoms. The van der Waals surface area contributed by atoms with Gasteiger partial charge in [0, 0.05) is 24.2 Å². The van der Waals surface area contributed by atoms with Crippen molar-refractivity contribution in [1.82, 2.24) is 19.5 Å². The summed E-state index contributed by atoms with van der Waals surface area (Å²) in [5.74, 6) is 1.58. The average molecular weight is 345 g/mol. The minimum absolute atomic E-state index is 0.171. The summed E-state index contributed by atoms with van der Waals surface area (Å²) >= 11 is 1.60. The van der Waals surface area contributed by atoms with Crippen molar-refractivity contribution >= 4 is 28.2 Å². The zero-order valence-corrected chi connectivity index (χ0v) is 14.9. The summed E-state index contributed by atoms with van der Waals surface area (Å²) in [6, 6.07) is 2.22. The monoisotopic (exact) mass is 345 g/mol. The molecule has 3 aromatic rings. The van der Waals surface area contributed by atoms with Gasteiger partial charge in [0.2, 0.25) is 0 Å². The van der Waals surface area contributed by atoms with Gasteiger partial charge in [-0.1, -0.05) is 13.3 Å². The van der Waals surface area contributed by atoms with Crippen LogP contribution in [0.3, 0.4) is 0 Å². The molecule has 0 aromatic carbocycles. The van der Waals surface area contributed by atoms with Gasteiger partial charge in [-0.05, 0) is 25.8 Å². The van der Waals surface area contributed by atoms with Gasteiger partial charge >= 0.3 is 0 Å². The van der Waals surface area contributed by atoms with E-state index in [-0.39, 0.29) is 12.6 Å². The van der Waals surface area contributed by atoms with Gasteiger partial charge < -0.3 is 15.0 Å². The van der Waals surface area contributed by atoms with E-state index in [4.69, 9.17) is 0 Å². The predicted molar refractivity (Wildman–Crippen MR) is 97.5 cm³/mol. The highest BCUT2D eigenvalue weighted by Gasteiger charge is 2.15. The van der Waals surface area contributed by atoms with Crippen LogP contribution in [0.4, 0.5) is 5.82 Å². The summed E-state index contributed by atoms with van der Waals surface area (Å²) in [5, 5.41) is 14.9. The fourth-order valence-electron chi connectivity index (χ4n) is 2.93. The molecule has 3 heterocycles. The van der Waals surface area contributed by atoms with Crippen molar-refractivity contribution in [3.05, 3.63) is 34.7 Å². The molecule has 0 amide bonds. The first-order chi connectivity index (χ1) is 11.7. The number of hydrogen-bond donors (Lipinski definition) is 2. The molecule has 0 aliphatic carbocycles. The molecule has 0 saturated carbocycles. The van der Waals surface area contributed by atoms with Crippen LogP contribution in [0, 0.1) is 6.92 Å². The second-order valence-electron chi connectivity index (χ2n) is 5.92. The number of aliphatic hydroxyl groups excluding tert-OH is 1. The van der Waals surface area contributed by atoms with Gasteiger partial charge in [0.25, 0.3) is 0 Å². The van der Waals surface area contributed by atoms with Crippen molar-refractivity contribution in [3.63, 3.8) is 0 Å². The lowest BCUT2D eigenvalue weighted by atomic mass is 10.1. The molecule has 0 saturated heterocycles. The third-order valence-electron chi connectivity index (χ3n) is 3.99. The maximum Gasteiger partial charge on any atom is 0.154 e. The van der Waals surface area contributed by atoms with Gasteiger partial charge in [-0.2, -0.15) is 0 Å². The van der Waals surface area contributed by atoms with Crippen molar-refractivity contribution in [3.8, 4) is 0 Å². The molecule has 0 bridgehead atoms. The Balaban J connectivity index is 1.97. The van der Waals surface area contributed by atoms with Crippen molar-refractivity contribution in [2.24, 2.45) is 0 Å². The van der Waals surface area contributed by atoms with Crippen LogP contribution in [0.1, 0.15) is 37.7 Å². The topological polar surface area (TPSA) is 75.9 Å². The number of nitrogens with zero attached hydrogens (tertiary/aromatic N) is 4. The van der Waals surface area contributed by atoms with Crippen LogP contribution in [0.25, 0.3) is 11.0 Å². The van der Waals surface area contributed by atoms with Crippen LogP contribution in [0.15, 0.2) is 23.2 Å². The molecule has 24 heavy (non-hydrogen) atoms. The summed E-state index contributed by atoms with van der Waals surface area (Å²) in [7, 11) is 0. The highest BCUT2D eigenvalue weighted by molar-refractivity contribution is 7.07. The zero-order chi connectivity index (χ0) is 16.9. The van der Waals surface area contributed by atoms with E-state index in [0.717, 1.165) is 41.2 Å². The van der Waals surface area contributed by atoms with Crippen molar-refractivity contribution < 1.29 is 5.11 Å². The summed E-state index contributed by atoms with van der Waals surface area (Å²) < 4.78 is 2.13. The van der Waals surface area contributed by atoms with Crippen LogP contribution in [-0.4, -0.2) is 37.3 Å². The Morgan fingerprint density at radius 1 is 1.33 bits per heavy atom. The Labute approximate surface area is 145 Å². The minimum atomic E-state index is 0.171. The lowest BCUT2D eigenvalue weighted by Crippen LogP contribution is -2.22. The molecular formula is C17H23N5OS. The Hall–Kier alpha value is -1.99. The predicted octanol–water partition coefficient (Wildman–Crippen LogP) is 3.21. The van der Waals surface area contributed by atoms with Crippen LogP contribution < -0.4 is 5.32 Å². The average Bonchev–Trinajstić information content (AvgIpc) is 3.18. The smallest absolute Gasteiger partial charge is 0.154 e. The lowest BCUT2D eigenvalue weighted by Gasteiger charge is -2.19. The van der Waals surface area contributed by atoms with E-state index in [9.17, 15) is 5.11 Å². The number of rotatable bonds is 8. The molecule has 2 N–H and O–H groups in total. The van der Waals surface area contributed by atoms with Gasteiger partial charge in [0.1, 0.15) is 11.3 Å². The molecule has 3 aromatic heterocycles.